The molecular formula is C16H35N3O. The molecule has 4 heteroatoms. The molecule has 3 N–H and O–H groups in total. The summed E-state index contributed by atoms with van der Waals surface area (Å²) in [6.07, 6.45) is 2.85. The summed E-state index contributed by atoms with van der Waals surface area (Å²) < 4.78 is 0. The van der Waals surface area contributed by atoms with Crippen LogP contribution in [0.15, 0.2) is 0 Å². The summed E-state index contributed by atoms with van der Waals surface area (Å²) in [5.74, 6) is 0.783. The zero-order chi connectivity index (χ0) is 15.8. The molecule has 0 aromatic carbocycles. The van der Waals surface area contributed by atoms with Crippen LogP contribution in [0.25, 0.3) is 0 Å². The lowest BCUT2D eigenvalue weighted by Crippen LogP contribution is -2.48. The van der Waals surface area contributed by atoms with Crippen LogP contribution < -0.4 is 11.1 Å². The third-order valence-corrected chi connectivity index (χ3v) is 3.78. The summed E-state index contributed by atoms with van der Waals surface area (Å²) in [5, 5.41) is 3.02. The van der Waals surface area contributed by atoms with Gasteiger partial charge in [-0.2, -0.15) is 0 Å². The third-order valence-electron chi connectivity index (χ3n) is 3.78. The van der Waals surface area contributed by atoms with E-state index in [0.29, 0.717) is 18.9 Å². The number of nitrogens with one attached hydrogen (secondary N) is 1. The summed E-state index contributed by atoms with van der Waals surface area (Å²) in [5.41, 5.74) is 5.72. The van der Waals surface area contributed by atoms with E-state index in [9.17, 15) is 4.79 Å². The van der Waals surface area contributed by atoms with Crippen LogP contribution in [-0.2, 0) is 4.79 Å². The molecule has 0 aliphatic heterocycles. The average molecular weight is 285 g/mol. The molecule has 4 nitrogen and oxygen atoms in total. The van der Waals surface area contributed by atoms with Crippen molar-refractivity contribution in [2.75, 3.05) is 19.6 Å². The minimum atomic E-state index is -0.178. The maximum absolute atomic E-state index is 12.1. The van der Waals surface area contributed by atoms with E-state index in [-0.39, 0.29) is 17.5 Å². The van der Waals surface area contributed by atoms with Crippen molar-refractivity contribution in [1.29, 1.82) is 0 Å². The highest BCUT2D eigenvalue weighted by Gasteiger charge is 2.23. The van der Waals surface area contributed by atoms with E-state index in [2.05, 4.69) is 31.0 Å². The van der Waals surface area contributed by atoms with Crippen LogP contribution in [0.3, 0.4) is 0 Å². The Morgan fingerprint density at radius 1 is 1.20 bits per heavy atom. The molecule has 0 rings (SSSR count). The fourth-order valence-corrected chi connectivity index (χ4v) is 2.46. The molecule has 0 fully saturated rings. The Balaban J connectivity index is 4.57. The van der Waals surface area contributed by atoms with E-state index in [1.807, 2.05) is 20.8 Å². The van der Waals surface area contributed by atoms with Gasteiger partial charge < -0.3 is 11.1 Å². The first-order valence-corrected chi connectivity index (χ1v) is 8.02. The standard InChI is InChI=1S/C16H35N3O/c1-7-13(8-2)12-19(9-3)14(11-17)10-15(20)18-16(4,5)6/h13-14H,7-12,17H2,1-6H3,(H,18,20). The van der Waals surface area contributed by atoms with Gasteiger partial charge in [0.25, 0.3) is 0 Å². The number of carbonyl (C=O) groups is 1. The number of carbonyl (C=O) groups excluding carboxylic acids is 1. The molecule has 0 bridgehead atoms. The number of nitrogens with two attached hydrogens (primary N) is 1. The van der Waals surface area contributed by atoms with Gasteiger partial charge in [0.2, 0.25) is 5.91 Å². The van der Waals surface area contributed by atoms with Crippen molar-refractivity contribution in [1.82, 2.24) is 10.2 Å². The third kappa shape index (κ3) is 7.85. The molecule has 1 atom stereocenters. The number of nitrogens with zero attached hydrogens (tertiary/aromatic N) is 1. The van der Waals surface area contributed by atoms with Crippen LogP contribution in [0.4, 0.5) is 0 Å². The predicted octanol–water partition coefficient (Wildman–Crippen LogP) is 2.38. The Hall–Kier alpha value is -0.610. The normalized spacial score (nSPS) is 13.8. The number of amides is 1. The predicted molar refractivity (Wildman–Crippen MR) is 86.7 cm³/mol. The molecule has 1 amide bonds. The molecule has 0 spiro atoms. The topological polar surface area (TPSA) is 58.4 Å². The van der Waals surface area contributed by atoms with E-state index in [1.165, 1.54) is 12.8 Å². The van der Waals surface area contributed by atoms with Gasteiger partial charge in [0, 0.05) is 31.1 Å². The number of hydrogen-bond acceptors (Lipinski definition) is 3. The van der Waals surface area contributed by atoms with E-state index < -0.39 is 0 Å². The maximum Gasteiger partial charge on any atom is 0.222 e. The van der Waals surface area contributed by atoms with Crippen LogP contribution in [0.5, 0.6) is 0 Å². The Kier molecular flexibility index (Phi) is 9.06. The zero-order valence-electron chi connectivity index (χ0n) is 14.3. The Morgan fingerprint density at radius 3 is 2.10 bits per heavy atom. The van der Waals surface area contributed by atoms with Crippen molar-refractivity contribution in [2.24, 2.45) is 11.7 Å². The van der Waals surface area contributed by atoms with Crippen molar-refractivity contribution in [2.45, 2.75) is 72.4 Å². The molecule has 20 heavy (non-hydrogen) atoms. The minimum absolute atomic E-state index is 0.0935. The van der Waals surface area contributed by atoms with Gasteiger partial charge >= 0.3 is 0 Å². The zero-order valence-corrected chi connectivity index (χ0v) is 14.3. The van der Waals surface area contributed by atoms with Gasteiger partial charge in [-0.1, -0.05) is 33.6 Å². The molecule has 120 valence electrons. The van der Waals surface area contributed by atoms with E-state index in [0.717, 1.165) is 13.1 Å². The van der Waals surface area contributed by atoms with Gasteiger partial charge in [-0.15, -0.1) is 0 Å². The fourth-order valence-electron chi connectivity index (χ4n) is 2.46. The molecular weight excluding hydrogens is 250 g/mol. The Bertz CT molecular complexity index is 269. The van der Waals surface area contributed by atoms with Gasteiger partial charge in [-0.3, -0.25) is 9.69 Å². The molecule has 0 heterocycles. The fraction of sp³-hybridized carbons (Fsp3) is 0.938. The van der Waals surface area contributed by atoms with Gasteiger partial charge in [-0.05, 0) is 33.2 Å². The molecule has 0 aliphatic carbocycles. The highest BCUT2D eigenvalue weighted by Crippen LogP contribution is 2.14. The van der Waals surface area contributed by atoms with Crippen LogP contribution in [-0.4, -0.2) is 42.0 Å². The second-order valence-corrected chi connectivity index (χ2v) is 6.66. The lowest BCUT2D eigenvalue weighted by molar-refractivity contribution is -0.123. The molecule has 1 unspecified atom stereocenters. The SMILES string of the molecule is CCC(CC)CN(CC)C(CN)CC(=O)NC(C)(C)C. The summed E-state index contributed by atoms with van der Waals surface area (Å²) in [6.45, 7) is 15.1. The monoisotopic (exact) mass is 285 g/mol. The van der Waals surface area contributed by atoms with E-state index in [4.69, 9.17) is 5.73 Å². The molecule has 0 saturated heterocycles. The average Bonchev–Trinajstić information content (AvgIpc) is 2.36. The Labute approximate surface area is 125 Å². The van der Waals surface area contributed by atoms with Crippen molar-refractivity contribution in [3.8, 4) is 0 Å². The van der Waals surface area contributed by atoms with Crippen LogP contribution in [0.2, 0.25) is 0 Å². The molecule has 0 radical (unpaired) electrons. The summed E-state index contributed by atoms with van der Waals surface area (Å²) in [7, 11) is 0. The van der Waals surface area contributed by atoms with Crippen molar-refractivity contribution >= 4 is 5.91 Å². The van der Waals surface area contributed by atoms with Crippen LogP contribution >= 0.6 is 0 Å². The first-order chi connectivity index (χ1) is 9.27. The summed E-state index contributed by atoms with van der Waals surface area (Å²) in [4.78, 5) is 14.4. The van der Waals surface area contributed by atoms with Gasteiger partial charge in [-0.25, -0.2) is 0 Å². The molecule has 0 aromatic heterocycles. The maximum atomic E-state index is 12.1. The molecule has 0 aliphatic rings. The van der Waals surface area contributed by atoms with Gasteiger partial charge in [0.05, 0.1) is 0 Å². The van der Waals surface area contributed by atoms with Gasteiger partial charge in [0.1, 0.15) is 0 Å². The van der Waals surface area contributed by atoms with Gasteiger partial charge in [0.15, 0.2) is 0 Å². The lowest BCUT2D eigenvalue weighted by atomic mass is 10.0. The summed E-state index contributed by atoms with van der Waals surface area (Å²) >= 11 is 0. The second-order valence-electron chi connectivity index (χ2n) is 6.66. The lowest BCUT2D eigenvalue weighted by Gasteiger charge is -2.33. The van der Waals surface area contributed by atoms with E-state index in [1.54, 1.807) is 0 Å². The van der Waals surface area contributed by atoms with Crippen molar-refractivity contribution < 1.29 is 4.79 Å². The first-order valence-electron chi connectivity index (χ1n) is 8.02. The number of rotatable bonds is 9. The minimum Gasteiger partial charge on any atom is -0.351 e. The molecule has 0 aromatic rings. The Morgan fingerprint density at radius 2 is 1.75 bits per heavy atom. The smallest absolute Gasteiger partial charge is 0.222 e. The first kappa shape index (κ1) is 19.4. The second kappa shape index (κ2) is 9.35. The van der Waals surface area contributed by atoms with Crippen LogP contribution in [0, 0.1) is 5.92 Å². The van der Waals surface area contributed by atoms with Crippen LogP contribution in [0.1, 0.15) is 60.8 Å². The number of hydrogen-bond donors (Lipinski definition) is 2. The van der Waals surface area contributed by atoms with Crippen molar-refractivity contribution in [3.63, 3.8) is 0 Å². The highest BCUT2D eigenvalue weighted by atomic mass is 16.1. The quantitative estimate of drug-likeness (QED) is 0.684. The van der Waals surface area contributed by atoms with Crippen molar-refractivity contribution in [3.05, 3.63) is 0 Å². The van der Waals surface area contributed by atoms with E-state index >= 15 is 0 Å². The largest absolute Gasteiger partial charge is 0.351 e. The highest BCUT2D eigenvalue weighted by molar-refractivity contribution is 5.77. The molecule has 0 saturated carbocycles. The summed E-state index contributed by atoms with van der Waals surface area (Å²) in [6, 6.07) is 0.142. The number of likely N-dealkylation sites (N-methyl/N-ethyl adjacent to an activating group) is 1.